The first kappa shape index (κ1) is 36.4. The molecule has 9 aromatic rings. The molecule has 9 rings (SSSR count). The summed E-state index contributed by atoms with van der Waals surface area (Å²) in [4.78, 5) is 5.25. The van der Waals surface area contributed by atoms with Crippen molar-refractivity contribution in [3.8, 4) is 80.6 Å². The van der Waals surface area contributed by atoms with Gasteiger partial charge in [-0.05, 0) is 84.9 Å². The third-order valence-electron chi connectivity index (χ3n) is 8.87. The van der Waals surface area contributed by atoms with Crippen molar-refractivity contribution in [3.63, 3.8) is 0 Å². The predicted molar refractivity (Wildman–Crippen MR) is 227 cm³/mol. The number of ether oxygens (including phenoxy) is 7. The molecule has 1 heterocycles. The molecule has 0 fully saturated rings. The summed E-state index contributed by atoms with van der Waals surface area (Å²) < 4.78 is 47.9. The van der Waals surface area contributed by atoms with Gasteiger partial charge in [0.25, 0.3) is 5.88 Å². The lowest BCUT2D eigenvalue weighted by molar-refractivity contribution is 0.363. The highest BCUT2D eigenvalue weighted by molar-refractivity contribution is 6.03. The summed E-state index contributed by atoms with van der Waals surface area (Å²) in [7, 11) is 0. The van der Waals surface area contributed by atoms with Crippen molar-refractivity contribution in [1.29, 1.82) is 0 Å². The van der Waals surface area contributed by atoms with Crippen LogP contribution in [0.1, 0.15) is 0 Å². The molecule has 0 saturated carbocycles. The van der Waals surface area contributed by atoms with Crippen molar-refractivity contribution in [2.75, 3.05) is 0 Å². The van der Waals surface area contributed by atoms with Gasteiger partial charge >= 0.3 is 0 Å². The first-order valence-corrected chi connectivity index (χ1v) is 18.9. The first-order chi connectivity index (χ1) is 29.2. The van der Waals surface area contributed by atoms with Crippen molar-refractivity contribution in [3.05, 3.63) is 212 Å². The molecule has 1 aromatic heterocycles. The topological polar surface area (TPSA) is 77.5 Å². The van der Waals surface area contributed by atoms with Gasteiger partial charge in [-0.1, -0.05) is 127 Å². The monoisotopic (exact) mass is 773 g/mol. The number of pyridine rings is 1. The van der Waals surface area contributed by atoms with Gasteiger partial charge in [-0.25, -0.2) is 4.98 Å². The number of aromatic nitrogens is 1. The van der Waals surface area contributed by atoms with Gasteiger partial charge in [0.1, 0.15) is 45.8 Å². The second-order valence-electron chi connectivity index (χ2n) is 13.0. The summed E-state index contributed by atoms with van der Waals surface area (Å²) >= 11 is 0. The third kappa shape index (κ3) is 8.47. The maximum Gasteiger partial charge on any atom is 0.267 e. The van der Waals surface area contributed by atoms with Gasteiger partial charge in [0.05, 0.1) is 5.39 Å². The fourth-order valence-electron chi connectivity index (χ4n) is 6.20. The van der Waals surface area contributed by atoms with Gasteiger partial charge in [-0.2, -0.15) is 0 Å². The number of hydrogen-bond acceptors (Lipinski definition) is 8. The fraction of sp³-hybridized carbons (Fsp3) is 0. The fourth-order valence-corrected chi connectivity index (χ4v) is 6.20. The number of benzene rings is 8. The predicted octanol–water partition coefficient (Wildman–Crippen LogP) is 14.8. The van der Waals surface area contributed by atoms with E-state index >= 15 is 0 Å². The molecule has 0 aliphatic carbocycles. The summed E-state index contributed by atoms with van der Waals surface area (Å²) in [6.07, 6.45) is 0. The molecule has 8 heteroatoms. The van der Waals surface area contributed by atoms with Crippen LogP contribution >= 0.6 is 0 Å². The van der Waals surface area contributed by atoms with Crippen molar-refractivity contribution < 1.29 is 33.2 Å². The van der Waals surface area contributed by atoms with E-state index < -0.39 is 0 Å². The number of nitrogens with zero attached hydrogens (tertiary/aromatic N) is 1. The van der Waals surface area contributed by atoms with Crippen molar-refractivity contribution in [2.24, 2.45) is 0 Å². The van der Waals surface area contributed by atoms with E-state index in [2.05, 4.69) is 0 Å². The number of rotatable bonds is 14. The molecular weight excluding hydrogens is 739 g/mol. The Kier molecular flexibility index (Phi) is 10.7. The zero-order chi connectivity index (χ0) is 39.6. The van der Waals surface area contributed by atoms with Gasteiger partial charge in [-0.3, -0.25) is 0 Å². The van der Waals surface area contributed by atoms with Crippen LogP contribution in [0.15, 0.2) is 212 Å². The van der Waals surface area contributed by atoms with Crippen molar-refractivity contribution >= 4 is 10.9 Å². The van der Waals surface area contributed by atoms with E-state index in [-0.39, 0.29) is 45.9 Å². The highest BCUT2D eigenvalue weighted by Crippen LogP contribution is 2.60. The van der Waals surface area contributed by atoms with Gasteiger partial charge in [0, 0.05) is 0 Å². The standard InChI is InChI=1S/C51H35NO7/c1-8-22-36(23-9-1)53-45-43-44(47(55-38-26-12-3-13-27-38)49(57-40-30-16-5-17-31-40)48(45)56-39-28-14-4-15-29-39)52-51(59-42-34-20-7-21-35-42)50(58-41-32-18-6-19-33-41)46(43)54-37-24-10-2-11-25-37/h1-35H. The normalized spacial score (nSPS) is 10.7. The molecule has 0 atom stereocenters. The molecule has 286 valence electrons. The van der Waals surface area contributed by atoms with Crippen LogP contribution in [0.25, 0.3) is 10.9 Å². The minimum absolute atomic E-state index is 0.0874. The molecule has 0 radical (unpaired) electrons. The highest BCUT2D eigenvalue weighted by atomic mass is 16.6. The Morgan fingerprint density at radius 1 is 0.220 bits per heavy atom. The van der Waals surface area contributed by atoms with E-state index in [9.17, 15) is 0 Å². The van der Waals surface area contributed by atoms with Crippen molar-refractivity contribution in [2.45, 2.75) is 0 Å². The molecule has 59 heavy (non-hydrogen) atoms. The second-order valence-corrected chi connectivity index (χ2v) is 13.0. The minimum Gasteiger partial charge on any atom is -0.452 e. The average molecular weight is 774 g/mol. The zero-order valence-electron chi connectivity index (χ0n) is 31.5. The number of para-hydroxylation sites is 7. The molecule has 0 spiro atoms. The molecule has 0 aliphatic heterocycles. The number of fused-ring (bicyclic) bond motifs is 1. The lowest BCUT2D eigenvalue weighted by Crippen LogP contribution is -2.04. The molecule has 0 unspecified atom stereocenters. The van der Waals surface area contributed by atoms with Gasteiger partial charge in [-0.15, -0.1) is 0 Å². The number of hydrogen-bond donors (Lipinski definition) is 0. The van der Waals surface area contributed by atoms with Gasteiger partial charge in [0.15, 0.2) is 11.5 Å². The van der Waals surface area contributed by atoms with E-state index in [0.717, 1.165) is 0 Å². The molecule has 0 saturated heterocycles. The van der Waals surface area contributed by atoms with Crippen molar-refractivity contribution in [1.82, 2.24) is 4.98 Å². The van der Waals surface area contributed by atoms with Crippen LogP contribution in [-0.4, -0.2) is 4.98 Å². The van der Waals surface area contributed by atoms with Crippen LogP contribution in [0.3, 0.4) is 0 Å². The minimum atomic E-state index is 0.0874. The van der Waals surface area contributed by atoms with Crippen LogP contribution in [0.5, 0.6) is 80.6 Å². The highest BCUT2D eigenvalue weighted by Gasteiger charge is 2.35. The summed E-state index contributed by atoms with van der Waals surface area (Å²) in [5.41, 5.74) is 0.267. The van der Waals surface area contributed by atoms with E-state index in [1.807, 2.05) is 212 Å². The largest absolute Gasteiger partial charge is 0.452 e. The van der Waals surface area contributed by atoms with Crippen LogP contribution in [0.2, 0.25) is 0 Å². The van der Waals surface area contributed by atoms with E-state index in [1.165, 1.54) is 0 Å². The maximum atomic E-state index is 6.94. The summed E-state index contributed by atoms with van der Waals surface area (Å²) in [6, 6.07) is 65.6. The van der Waals surface area contributed by atoms with E-state index in [0.29, 0.717) is 45.6 Å². The molecule has 0 amide bonds. The summed E-state index contributed by atoms with van der Waals surface area (Å²) in [5, 5.41) is 0.348. The molecule has 0 bridgehead atoms. The summed E-state index contributed by atoms with van der Waals surface area (Å²) in [6.45, 7) is 0. The molecule has 8 aromatic carbocycles. The van der Waals surface area contributed by atoms with E-state index in [4.69, 9.17) is 38.1 Å². The maximum absolute atomic E-state index is 6.94. The molecule has 0 N–H and O–H groups in total. The van der Waals surface area contributed by atoms with Crippen LogP contribution in [-0.2, 0) is 0 Å². The Bertz CT molecular complexity index is 2710. The Morgan fingerprint density at radius 2 is 0.458 bits per heavy atom. The van der Waals surface area contributed by atoms with Gasteiger partial charge in [0.2, 0.25) is 23.0 Å². The molecular formula is C51H35NO7. The Morgan fingerprint density at radius 3 is 0.797 bits per heavy atom. The lowest BCUT2D eigenvalue weighted by Gasteiger charge is -2.25. The zero-order valence-corrected chi connectivity index (χ0v) is 31.5. The Balaban J connectivity index is 1.45. The first-order valence-electron chi connectivity index (χ1n) is 18.9. The second kappa shape index (κ2) is 17.3. The van der Waals surface area contributed by atoms with Crippen LogP contribution in [0, 0.1) is 0 Å². The van der Waals surface area contributed by atoms with E-state index in [1.54, 1.807) is 0 Å². The SMILES string of the molecule is c1ccc(Oc2nc3c(Oc4ccccc4)c(Oc4ccccc4)c(Oc4ccccc4)c(Oc4ccccc4)c3c(Oc3ccccc3)c2Oc2ccccc2)cc1. The van der Waals surface area contributed by atoms with Crippen LogP contribution in [0.4, 0.5) is 0 Å². The third-order valence-corrected chi connectivity index (χ3v) is 8.87. The van der Waals surface area contributed by atoms with Gasteiger partial charge < -0.3 is 33.2 Å². The summed E-state index contributed by atoms with van der Waals surface area (Å²) in [5.74, 6) is 4.83. The average Bonchev–Trinajstić information content (AvgIpc) is 3.29. The molecule has 8 nitrogen and oxygen atoms in total. The molecule has 0 aliphatic rings. The Hall–Kier alpha value is -8.23. The lowest BCUT2D eigenvalue weighted by atomic mass is 10.1. The quantitative estimate of drug-likeness (QED) is 0.108. The van der Waals surface area contributed by atoms with Crippen LogP contribution < -0.4 is 33.2 Å². The smallest absolute Gasteiger partial charge is 0.267 e. The Labute approximate surface area is 341 Å².